The molecule has 9 nitrogen and oxygen atoms in total. The van der Waals surface area contributed by atoms with E-state index in [-0.39, 0.29) is 13.0 Å². The van der Waals surface area contributed by atoms with Crippen molar-refractivity contribution < 1.29 is 29.0 Å². The average Bonchev–Trinajstić information content (AvgIpc) is 3.26. The van der Waals surface area contributed by atoms with Crippen LogP contribution >= 0.6 is 0 Å². The molecule has 2 heterocycles. The van der Waals surface area contributed by atoms with Crippen molar-refractivity contribution in [1.29, 1.82) is 0 Å². The number of anilines is 1. The molecule has 3 N–H and O–H groups in total. The number of aliphatic hydroxyl groups is 1. The number of rotatable bonds is 5. The first kappa shape index (κ1) is 21.6. The Kier molecular flexibility index (Phi) is 5.75. The molecule has 0 bridgehead atoms. The van der Waals surface area contributed by atoms with Crippen molar-refractivity contribution in [3.05, 3.63) is 65.7 Å². The van der Waals surface area contributed by atoms with Crippen LogP contribution in [0.3, 0.4) is 0 Å². The SMILES string of the molecule is COC(=O)[C@@H]1C[C@@]2(O)c3ccccc3N[C@H]2N1C(=O)[C@H](C)NC(=O)OCc1ccccc1. The number of para-hydroxylation sites is 1. The molecule has 168 valence electrons. The number of carbonyl (C=O) groups is 3. The Morgan fingerprint density at radius 3 is 2.59 bits per heavy atom. The van der Waals surface area contributed by atoms with Crippen molar-refractivity contribution in [2.45, 2.75) is 43.8 Å². The van der Waals surface area contributed by atoms with Crippen LogP contribution in [0.25, 0.3) is 0 Å². The van der Waals surface area contributed by atoms with Gasteiger partial charge in [0.05, 0.1) is 7.11 Å². The van der Waals surface area contributed by atoms with Gasteiger partial charge in [-0.15, -0.1) is 0 Å². The Morgan fingerprint density at radius 2 is 1.88 bits per heavy atom. The summed E-state index contributed by atoms with van der Waals surface area (Å²) in [5, 5.41) is 17.1. The number of esters is 1. The van der Waals surface area contributed by atoms with Crippen LogP contribution in [0.2, 0.25) is 0 Å². The number of likely N-dealkylation sites (tertiary alicyclic amines) is 1. The lowest BCUT2D eigenvalue weighted by atomic mass is 9.91. The molecule has 2 aliphatic rings. The molecule has 9 heteroatoms. The maximum atomic E-state index is 13.3. The Morgan fingerprint density at radius 1 is 1.19 bits per heavy atom. The van der Waals surface area contributed by atoms with Gasteiger partial charge in [0.2, 0.25) is 5.91 Å². The third-order valence-electron chi connectivity index (χ3n) is 5.90. The molecule has 2 aromatic rings. The largest absolute Gasteiger partial charge is 0.467 e. The zero-order chi connectivity index (χ0) is 22.9. The number of amides is 2. The molecule has 2 amide bonds. The van der Waals surface area contributed by atoms with Crippen LogP contribution in [-0.2, 0) is 31.3 Å². The summed E-state index contributed by atoms with van der Waals surface area (Å²) in [5.41, 5.74) is 0.643. The molecule has 4 rings (SSSR count). The van der Waals surface area contributed by atoms with Crippen LogP contribution in [0.1, 0.15) is 24.5 Å². The number of methoxy groups -OCH3 is 1. The van der Waals surface area contributed by atoms with Gasteiger partial charge in [0, 0.05) is 17.7 Å². The third-order valence-corrected chi connectivity index (χ3v) is 5.90. The molecule has 0 aliphatic carbocycles. The minimum absolute atomic E-state index is 0.0226. The number of nitrogens with zero attached hydrogens (tertiary/aromatic N) is 1. The molecule has 0 radical (unpaired) electrons. The van der Waals surface area contributed by atoms with Crippen LogP contribution in [0, 0.1) is 0 Å². The second-order valence-electron chi connectivity index (χ2n) is 7.93. The fourth-order valence-electron chi connectivity index (χ4n) is 4.34. The van der Waals surface area contributed by atoms with E-state index in [9.17, 15) is 19.5 Å². The zero-order valence-electron chi connectivity index (χ0n) is 17.8. The van der Waals surface area contributed by atoms with E-state index in [2.05, 4.69) is 10.6 Å². The van der Waals surface area contributed by atoms with E-state index in [0.29, 0.717) is 11.3 Å². The Bertz CT molecular complexity index is 1030. The van der Waals surface area contributed by atoms with Gasteiger partial charge in [0.1, 0.15) is 30.5 Å². The molecule has 32 heavy (non-hydrogen) atoms. The van der Waals surface area contributed by atoms with E-state index in [1.807, 2.05) is 36.4 Å². The van der Waals surface area contributed by atoms with Gasteiger partial charge in [-0.2, -0.15) is 0 Å². The third kappa shape index (κ3) is 3.75. The Hall–Kier alpha value is -3.59. The number of benzene rings is 2. The molecular formula is C23H25N3O6. The molecule has 2 aromatic carbocycles. The molecule has 4 atom stereocenters. The molecule has 2 aliphatic heterocycles. The van der Waals surface area contributed by atoms with Crippen LogP contribution in [0.15, 0.2) is 54.6 Å². The molecule has 0 spiro atoms. The van der Waals surface area contributed by atoms with Gasteiger partial charge in [0.15, 0.2) is 0 Å². The number of hydrogen-bond acceptors (Lipinski definition) is 7. The number of fused-ring (bicyclic) bond motifs is 3. The predicted molar refractivity (Wildman–Crippen MR) is 114 cm³/mol. The predicted octanol–water partition coefficient (Wildman–Crippen LogP) is 1.71. The zero-order valence-corrected chi connectivity index (χ0v) is 17.8. The van der Waals surface area contributed by atoms with Crippen LogP contribution < -0.4 is 10.6 Å². The van der Waals surface area contributed by atoms with E-state index >= 15 is 0 Å². The highest BCUT2D eigenvalue weighted by atomic mass is 16.5. The number of alkyl carbamates (subject to hydrolysis) is 1. The Labute approximate surface area is 185 Å². The van der Waals surface area contributed by atoms with Crippen molar-refractivity contribution >= 4 is 23.7 Å². The molecular weight excluding hydrogens is 414 g/mol. The van der Waals surface area contributed by atoms with Gasteiger partial charge < -0.3 is 30.1 Å². The molecule has 1 fully saturated rings. The van der Waals surface area contributed by atoms with E-state index in [4.69, 9.17) is 9.47 Å². The van der Waals surface area contributed by atoms with Crippen molar-refractivity contribution in [2.75, 3.05) is 12.4 Å². The molecule has 0 aromatic heterocycles. The molecule has 0 saturated carbocycles. The van der Waals surface area contributed by atoms with Gasteiger partial charge in [-0.1, -0.05) is 48.5 Å². The van der Waals surface area contributed by atoms with Crippen molar-refractivity contribution in [2.24, 2.45) is 0 Å². The van der Waals surface area contributed by atoms with E-state index in [1.54, 1.807) is 18.2 Å². The lowest BCUT2D eigenvalue weighted by Crippen LogP contribution is -2.56. The van der Waals surface area contributed by atoms with Crippen molar-refractivity contribution in [1.82, 2.24) is 10.2 Å². The van der Waals surface area contributed by atoms with E-state index < -0.39 is 41.8 Å². The normalized spacial score (nSPS) is 24.0. The monoisotopic (exact) mass is 439 g/mol. The summed E-state index contributed by atoms with van der Waals surface area (Å²) < 4.78 is 10.1. The highest BCUT2D eigenvalue weighted by molar-refractivity contribution is 5.91. The average molecular weight is 439 g/mol. The number of nitrogens with one attached hydrogen (secondary N) is 2. The van der Waals surface area contributed by atoms with Gasteiger partial charge in [0.25, 0.3) is 0 Å². The smallest absolute Gasteiger partial charge is 0.408 e. The summed E-state index contributed by atoms with van der Waals surface area (Å²) in [6.07, 6.45) is -1.66. The minimum Gasteiger partial charge on any atom is -0.467 e. The van der Waals surface area contributed by atoms with Gasteiger partial charge in [-0.05, 0) is 18.6 Å². The van der Waals surface area contributed by atoms with E-state index in [1.165, 1.54) is 18.9 Å². The fourth-order valence-corrected chi connectivity index (χ4v) is 4.34. The number of hydrogen-bond donors (Lipinski definition) is 3. The van der Waals surface area contributed by atoms with Gasteiger partial charge in [-0.25, -0.2) is 9.59 Å². The summed E-state index contributed by atoms with van der Waals surface area (Å²) in [6.45, 7) is 1.56. The highest BCUT2D eigenvalue weighted by Gasteiger charge is 2.61. The number of ether oxygens (including phenoxy) is 2. The summed E-state index contributed by atoms with van der Waals surface area (Å²) in [7, 11) is 1.23. The molecule has 0 unspecified atom stereocenters. The maximum Gasteiger partial charge on any atom is 0.408 e. The second kappa shape index (κ2) is 8.51. The first-order valence-corrected chi connectivity index (χ1v) is 10.3. The quantitative estimate of drug-likeness (QED) is 0.607. The second-order valence-corrected chi connectivity index (χ2v) is 7.93. The highest BCUT2D eigenvalue weighted by Crippen LogP contribution is 2.49. The summed E-state index contributed by atoms with van der Waals surface area (Å²) in [5.74, 6) is -1.18. The lowest BCUT2D eigenvalue weighted by molar-refractivity contribution is -0.152. The van der Waals surface area contributed by atoms with Crippen molar-refractivity contribution in [3.8, 4) is 0 Å². The maximum absolute atomic E-state index is 13.3. The van der Waals surface area contributed by atoms with Gasteiger partial charge in [-0.3, -0.25) is 4.79 Å². The minimum atomic E-state index is -1.46. The Balaban J connectivity index is 1.49. The number of carbonyl (C=O) groups excluding carboxylic acids is 3. The first-order valence-electron chi connectivity index (χ1n) is 10.3. The van der Waals surface area contributed by atoms with Crippen molar-refractivity contribution in [3.63, 3.8) is 0 Å². The van der Waals surface area contributed by atoms with Crippen LogP contribution in [0.5, 0.6) is 0 Å². The van der Waals surface area contributed by atoms with E-state index in [0.717, 1.165) is 5.56 Å². The summed E-state index contributed by atoms with van der Waals surface area (Å²) >= 11 is 0. The standard InChI is InChI=1S/C23H25N3O6/c1-14(24-22(29)32-13-15-8-4-3-5-9-15)19(27)26-18(20(28)31-2)12-23(30)16-10-6-7-11-17(16)25-21(23)26/h3-11,14,18,21,25,30H,12-13H2,1-2H3,(H,24,29)/t14-,18-,21-,23+/m0/s1. The lowest BCUT2D eigenvalue weighted by Gasteiger charge is -2.32. The topological polar surface area (TPSA) is 117 Å². The van der Waals surface area contributed by atoms with Crippen LogP contribution in [-0.4, -0.2) is 53.3 Å². The summed E-state index contributed by atoms with van der Waals surface area (Å²) in [4.78, 5) is 39.3. The van der Waals surface area contributed by atoms with Crippen LogP contribution in [0.4, 0.5) is 10.5 Å². The first-order chi connectivity index (χ1) is 15.3. The van der Waals surface area contributed by atoms with Gasteiger partial charge >= 0.3 is 12.1 Å². The summed E-state index contributed by atoms with van der Waals surface area (Å²) in [6, 6.07) is 14.3. The fraction of sp³-hybridized carbons (Fsp3) is 0.348. The molecule has 1 saturated heterocycles.